The van der Waals surface area contributed by atoms with Crippen molar-refractivity contribution in [2.45, 2.75) is 6.92 Å². The lowest BCUT2D eigenvalue weighted by Gasteiger charge is -2.06. The fourth-order valence-corrected chi connectivity index (χ4v) is 1.83. The molecule has 0 aliphatic heterocycles. The number of nitrogens with one attached hydrogen (secondary N) is 2. The second-order valence-corrected chi connectivity index (χ2v) is 4.70. The van der Waals surface area contributed by atoms with Crippen LogP contribution >= 0.6 is 0 Å². The number of carbonyl (C=O) groups is 1. The summed E-state index contributed by atoms with van der Waals surface area (Å²) >= 11 is 0. The molecule has 23 heavy (non-hydrogen) atoms. The van der Waals surface area contributed by atoms with Crippen LogP contribution in [0.4, 0.5) is 21.7 Å². The van der Waals surface area contributed by atoms with E-state index in [1.54, 1.807) is 13.0 Å². The van der Waals surface area contributed by atoms with Crippen molar-refractivity contribution in [2.24, 2.45) is 0 Å². The van der Waals surface area contributed by atoms with Crippen LogP contribution < -0.4 is 10.6 Å². The van der Waals surface area contributed by atoms with Crippen LogP contribution in [0.15, 0.2) is 47.2 Å². The molecule has 0 saturated heterocycles. The van der Waals surface area contributed by atoms with E-state index in [0.29, 0.717) is 23.1 Å². The van der Waals surface area contributed by atoms with E-state index >= 15 is 0 Å². The summed E-state index contributed by atoms with van der Waals surface area (Å²) < 4.78 is 17.8. The minimum atomic E-state index is -0.432. The summed E-state index contributed by atoms with van der Waals surface area (Å²) in [4.78, 5) is 20.1. The van der Waals surface area contributed by atoms with E-state index < -0.39 is 5.91 Å². The van der Waals surface area contributed by atoms with E-state index in [9.17, 15) is 9.18 Å². The lowest BCUT2D eigenvalue weighted by atomic mass is 10.3. The third-order valence-corrected chi connectivity index (χ3v) is 2.89. The highest BCUT2D eigenvalue weighted by molar-refractivity contribution is 6.03. The maximum atomic E-state index is 12.9. The van der Waals surface area contributed by atoms with Crippen LogP contribution in [0.2, 0.25) is 0 Å². The van der Waals surface area contributed by atoms with Crippen molar-refractivity contribution < 1.29 is 13.7 Å². The zero-order valence-electron chi connectivity index (χ0n) is 12.1. The largest absolute Gasteiger partial charge is 0.360 e. The second kappa shape index (κ2) is 6.22. The molecule has 0 unspecified atom stereocenters. The number of aromatic nitrogens is 3. The SMILES string of the molecule is Cc1cc(Nc2cc(C(=O)Nc3ccc(F)cc3)ncn2)no1. The van der Waals surface area contributed by atoms with E-state index in [1.807, 2.05) is 0 Å². The van der Waals surface area contributed by atoms with Gasteiger partial charge in [0.1, 0.15) is 29.4 Å². The van der Waals surface area contributed by atoms with Crippen LogP contribution in [-0.2, 0) is 0 Å². The Morgan fingerprint density at radius 1 is 1.13 bits per heavy atom. The lowest BCUT2D eigenvalue weighted by Crippen LogP contribution is -2.14. The average molecular weight is 313 g/mol. The van der Waals surface area contributed by atoms with Gasteiger partial charge in [0.05, 0.1) is 0 Å². The molecule has 2 N–H and O–H groups in total. The molecule has 3 aromatic rings. The first-order chi connectivity index (χ1) is 11.1. The van der Waals surface area contributed by atoms with Crippen LogP contribution in [0.1, 0.15) is 16.2 Å². The molecule has 0 saturated carbocycles. The second-order valence-electron chi connectivity index (χ2n) is 4.70. The maximum absolute atomic E-state index is 12.9. The van der Waals surface area contributed by atoms with Crippen LogP contribution in [0.25, 0.3) is 0 Å². The number of nitrogens with zero attached hydrogens (tertiary/aromatic N) is 3. The number of hydrogen-bond acceptors (Lipinski definition) is 6. The van der Waals surface area contributed by atoms with Gasteiger partial charge in [-0.05, 0) is 31.2 Å². The predicted octanol–water partition coefficient (Wildman–Crippen LogP) is 2.91. The van der Waals surface area contributed by atoms with Crippen molar-refractivity contribution in [3.8, 4) is 0 Å². The summed E-state index contributed by atoms with van der Waals surface area (Å²) in [6, 6.07) is 8.62. The van der Waals surface area contributed by atoms with Crippen molar-refractivity contribution in [3.05, 3.63) is 60.0 Å². The zero-order chi connectivity index (χ0) is 16.2. The molecule has 1 aromatic carbocycles. The molecule has 2 heterocycles. The Bertz CT molecular complexity index is 832. The number of anilines is 3. The lowest BCUT2D eigenvalue weighted by molar-refractivity contribution is 0.102. The molecule has 0 atom stereocenters. The van der Waals surface area contributed by atoms with Gasteiger partial charge in [-0.15, -0.1) is 0 Å². The molecular weight excluding hydrogens is 301 g/mol. The molecule has 0 aliphatic rings. The van der Waals surface area contributed by atoms with Crippen LogP contribution in [0, 0.1) is 12.7 Å². The van der Waals surface area contributed by atoms with Crippen LogP contribution in [0.5, 0.6) is 0 Å². The van der Waals surface area contributed by atoms with Crippen molar-refractivity contribution in [2.75, 3.05) is 10.6 Å². The Morgan fingerprint density at radius 2 is 1.91 bits per heavy atom. The highest BCUT2D eigenvalue weighted by Crippen LogP contribution is 2.15. The van der Waals surface area contributed by atoms with E-state index in [4.69, 9.17) is 4.52 Å². The number of amides is 1. The summed E-state index contributed by atoms with van der Waals surface area (Å²) in [6.07, 6.45) is 1.26. The van der Waals surface area contributed by atoms with Gasteiger partial charge in [0.25, 0.3) is 5.91 Å². The molecule has 0 spiro atoms. The van der Waals surface area contributed by atoms with E-state index in [-0.39, 0.29) is 11.5 Å². The van der Waals surface area contributed by atoms with Gasteiger partial charge in [-0.1, -0.05) is 5.16 Å². The molecule has 0 radical (unpaired) electrons. The molecule has 2 aromatic heterocycles. The van der Waals surface area contributed by atoms with Crippen LogP contribution in [0.3, 0.4) is 0 Å². The molecular formula is C15H12FN5O2. The smallest absolute Gasteiger partial charge is 0.274 e. The number of benzene rings is 1. The van der Waals surface area contributed by atoms with Gasteiger partial charge < -0.3 is 15.2 Å². The fraction of sp³-hybridized carbons (Fsp3) is 0.0667. The summed E-state index contributed by atoms with van der Waals surface area (Å²) in [7, 11) is 0. The summed E-state index contributed by atoms with van der Waals surface area (Å²) in [5, 5.41) is 9.31. The topological polar surface area (TPSA) is 92.9 Å². The number of aryl methyl sites for hydroxylation is 1. The van der Waals surface area contributed by atoms with E-state index in [2.05, 4.69) is 25.8 Å². The number of halogens is 1. The Balaban J connectivity index is 1.73. The van der Waals surface area contributed by atoms with Gasteiger partial charge in [-0.3, -0.25) is 4.79 Å². The third kappa shape index (κ3) is 3.67. The summed E-state index contributed by atoms with van der Waals surface area (Å²) in [5.41, 5.74) is 0.628. The quantitative estimate of drug-likeness (QED) is 0.769. The first-order valence-electron chi connectivity index (χ1n) is 6.69. The highest BCUT2D eigenvalue weighted by Gasteiger charge is 2.10. The first-order valence-corrected chi connectivity index (χ1v) is 6.69. The fourth-order valence-electron chi connectivity index (χ4n) is 1.83. The molecule has 0 fully saturated rings. The molecule has 0 aliphatic carbocycles. The molecule has 116 valence electrons. The Hall–Kier alpha value is -3.29. The van der Waals surface area contributed by atoms with Crippen molar-refractivity contribution >= 4 is 23.2 Å². The third-order valence-electron chi connectivity index (χ3n) is 2.89. The molecule has 1 amide bonds. The minimum absolute atomic E-state index is 0.159. The normalized spacial score (nSPS) is 10.3. The zero-order valence-corrected chi connectivity index (χ0v) is 12.1. The van der Waals surface area contributed by atoms with E-state index in [1.165, 1.54) is 36.7 Å². The summed E-state index contributed by atoms with van der Waals surface area (Å²) in [6.45, 7) is 1.76. The average Bonchev–Trinajstić information content (AvgIpc) is 2.95. The number of hydrogen-bond donors (Lipinski definition) is 2. The van der Waals surface area contributed by atoms with Crippen molar-refractivity contribution in [1.29, 1.82) is 0 Å². The van der Waals surface area contributed by atoms with Gasteiger partial charge in [0.2, 0.25) is 0 Å². The van der Waals surface area contributed by atoms with Gasteiger partial charge in [0.15, 0.2) is 5.82 Å². The first kappa shape index (κ1) is 14.6. The molecule has 8 heteroatoms. The Kier molecular flexibility index (Phi) is 3.96. The maximum Gasteiger partial charge on any atom is 0.274 e. The van der Waals surface area contributed by atoms with Gasteiger partial charge in [-0.25, -0.2) is 14.4 Å². The van der Waals surface area contributed by atoms with Crippen LogP contribution in [-0.4, -0.2) is 21.0 Å². The minimum Gasteiger partial charge on any atom is -0.360 e. The molecule has 3 rings (SSSR count). The monoisotopic (exact) mass is 313 g/mol. The number of rotatable bonds is 4. The van der Waals surface area contributed by atoms with E-state index in [0.717, 1.165) is 0 Å². The molecule has 7 nitrogen and oxygen atoms in total. The standard InChI is InChI=1S/C15H12FN5O2/c1-9-6-14(21-23-9)20-13-7-12(17-8-18-13)15(22)19-11-4-2-10(16)3-5-11/h2-8H,1H3,(H,19,22)(H,17,18,20,21). The van der Waals surface area contributed by atoms with Crippen molar-refractivity contribution in [1.82, 2.24) is 15.1 Å². The predicted molar refractivity (Wildman–Crippen MR) is 80.9 cm³/mol. The Labute approximate surface area is 130 Å². The van der Waals surface area contributed by atoms with Gasteiger partial charge in [-0.2, -0.15) is 0 Å². The number of carbonyl (C=O) groups excluding carboxylic acids is 1. The van der Waals surface area contributed by atoms with Crippen molar-refractivity contribution in [3.63, 3.8) is 0 Å². The van der Waals surface area contributed by atoms with Gasteiger partial charge in [0, 0.05) is 17.8 Å². The highest BCUT2D eigenvalue weighted by atomic mass is 19.1. The van der Waals surface area contributed by atoms with Gasteiger partial charge >= 0.3 is 0 Å². The Morgan fingerprint density at radius 3 is 2.61 bits per heavy atom. The summed E-state index contributed by atoms with van der Waals surface area (Å²) in [5.74, 6) is 0.720. The molecule has 0 bridgehead atoms.